The molecular weight excluding hydrogens is 372 g/mol. The van der Waals surface area contributed by atoms with E-state index in [1.165, 1.54) is 12.7 Å². The monoisotopic (exact) mass is 398 g/mol. The lowest BCUT2D eigenvalue weighted by molar-refractivity contribution is 0.0994. The molecule has 0 aliphatic carbocycles. The number of thiazole rings is 1. The number of benzene rings is 2. The molecule has 0 unspecified atom stereocenters. The van der Waals surface area contributed by atoms with Gasteiger partial charge < -0.3 is 14.0 Å². The molecule has 148 valence electrons. The molecule has 0 aliphatic rings. The van der Waals surface area contributed by atoms with Crippen molar-refractivity contribution in [3.8, 4) is 11.5 Å². The first-order valence-electron chi connectivity index (χ1n) is 9.43. The van der Waals surface area contributed by atoms with E-state index in [2.05, 4.69) is 48.5 Å². The lowest BCUT2D eigenvalue weighted by Gasteiger charge is -2.10. The van der Waals surface area contributed by atoms with Crippen LogP contribution in [-0.2, 0) is 6.54 Å². The third-order valence-corrected chi connectivity index (χ3v) is 5.69. The Kier molecular flexibility index (Phi) is 6.19. The van der Waals surface area contributed by atoms with Crippen molar-refractivity contribution in [3.05, 3.63) is 52.3 Å². The quantitative estimate of drug-likeness (QED) is 0.587. The van der Waals surface area contributed by atoms with Crippen LogP contribution in [0.1, 0.15) is 49.0 Å². The van der Waals surface area contributed by atoms with Crippen LogP contribution in [0.3, 0.4) is 0 Å². The van der Waals surface area contributed by atoms with Gasteiger partial charge in [-0.2, -0.15) is 4.99 Å². The minimum Gasteiger partial charge on any atom is -0.493 e. The van der Waals surface area contributed by atoms with Gasteiger partial charge >= 0.3 is 0 Å². The average Bonchev–Trinajstić information content (AvgIpc) is 3.03. The maximum absolute atomic E-state index is 13.0. The Morgan fingerprint density at radius 1 is 1.18 bits per heavy atom. The van der Waals surface area contributed by atoms with Crippen molar-refractivity contribution >= 4 is 27.5 Å². The molecule has 0 radical (unpaired) electrons. The van der Waals surface area contributed by atoms with E-state index in [-0.39, 0.29) is 5.91 Å². The summed E-state index contributed by atoms with van der Waals surface area (Å²) in [6, 6.07) is 11.7. The molecular formula is C22H26N2O3S. The number of ether oxygens (including phenoxy) is 2. The van der Waals surface area contributed by atoms with Crippen LogP contribution >= 0.6 is 11.3 Å². The molecule has 3 aromatic rings. The summed E-state index contributed by atoms with van der Waals surface area (Å²) in [5.74, 6) is 1.04. The number of aromatic nitrogens is 1. The standard InChI is InChI=1S/C22H26N2O3S/c1-6-12-24-17-11-10-15(14(2)3)13-19(17)28-22(24)23-21(25)16-8-7-9-18(26-4)20(16)27-5/h7-11,13-14H,6,12H2,1-5H3. The fourth-order valence-corrected chi connectivity index (χ4v) is 4.28. The van der Waals surface area contributed by atoms with E-state index in [9.17, 15) is 4.79 Å². The van der Waals surface area contributed by atoms with Crippen molar-refractivity contribution in [1.29, 1.82) is 0 Å². The van der Waals surface area contributed by atoms with Gasteiger partial charge in [0, 0.05) is 6.54 Å². The second-order valence-corrected chi connectivity index (χ2v) is 7.89. The van der Waals surface area contributed by atoms with E-state index in [0.717, 1.165) is 23.2 Å². The number of hydrogen-bond acceptors (Lipinski definition) is 4. The van der Waals surface area contributed by atoms with Crippen molar-refractivity contribution in [2.45, 2.75) is 39.7 Å². The molecule has 0 atom stereocenters. The largest absolute Gasteiger partial charge is 0.493 e. The molecule has 0 fully saturated rings. The first kappa shape index (κ1) is 20.1. The number of fused-ring (bicyclic) bond motifs is 1. The Hall–Kier alpha value is -2.60. The van der Waals surface area contributed by atoms with Gasteiger partial charge in [0.25, 0.3) is 5.91 Å². The Balaban J connectivity index is 2.15. The predicted molar refractivity (Wildman–Crippen MR) is 114 cm³/mol. The summed E-state index contributed by atoms with van der Waals surface area (Å²) in [6.07, 6.45) is 0.960. The van der Waals surface area contributed by atoms with E-state index < -0.39 is 0 Å². The van der Waals surface area contributed by atoms with Gasteiger partial charge in [0.15, 0.2) is 16.3 Å². The number of methoxy groups -OCH3 is 2. The van der Waals surface area contributed by atoms with Gasteiger partial charge in [0.1, 0.15) is 0 Å². The fourth-order valence-electron chi connectivity index (χ4n) is 3.18. The van der Waals surface area contributed by atoms with E-state index in [1.54, 1.807) is 36.6 Å². The van der Waals surface area contributed by atoms with Gasteiger partial charge in [0.05, 0.1) is 30.0 Å². The summed E-state index contributed by atoms with van der Waals surface area (Å²) >= 11 is 1.55. The predicted octanol–water partition coefficient (Wildman–Crippen LogP) is 4.99. The molecule has 0 saturated carbocycles. The number of aryl methyl sites for hydroxylation is 1. The number of hydrogen-bond donors (Lipinski definition) is 0. The van der Waals surface area contributed by atoms with Gasteiger partial charge in [-0.15, -0.1) is 0 Å². The lowest BCUT2D eigenvalue weighted by Crippen LogP contribution is -2.17. The summed E-state index contributed by atoms with van der Waals surface area (Å²) in [5, 5.41) is 0. The van der Waals surface area contributed by atoms with Crippen LogP contribution in [-0.4, -0.2) is 24.7 Å². The first-order valence-corrected chi connectivity index (χ1v) is 10.2. The zero-order valence-electron chi connectivity index (χ0n) is 17.0. The van der Waals surface area contributed by atoms with E-state index in [1.807, 2.05) is 0 Å². The van der Waals surface area contributed by atoms with Crippen LogP contribution in [0.4, 0.5) is 0 Å². The second kappa shape index (κ2) is 8.61. The van der Waals surface area contributed by atoms with Gasteiger partial charge in [-0.3, -0.25) is 4.79 Å². The maximum atomic E-state index is 13.0. The highest BCUT2D eigenvalue weighted by atomic mass is 32.1. The van der Waals surface area contributed by atoms with Gasteiger partial charge in [-0.25, -0.2) is 0 Å². The van der Waals surface area contributed by atoms with Gasteiger partial charge in [-0.05, 0) is 42.2 Å². The maximum Gasteiger partial charge on any atom is 0.283 e. The smallest absolute Gasteiger partial charge is 0.283 e. The van der Waals surface area contributed by atoms with Crippen molar-refractivity contribution in [1.82, 2.24) is 4.57 Å². The highest BCUT2D eigenvalue weighted by Crippen LogP contribution is 2.31. The third-order valence-electron chi connectivity index (χ3n) is 4.65. The zero-order valence-corrected chi connectivity index (χ0v) is 17.8. The van der Waals surface area contributed by atoms with Crippen molar-refractivity contribution in [2.75, 3.05) is 14.2 Å². The number of carbonyl (C=O) groups is 1. The number of rotatable bonds is 6. The molecule has 1 heterocycles. The average molecular weight is 399 g/mol. The molecule has 28 heavy (non-hydrogen) atoms. The Bertz CT molecular complexity index is 1060. The van der Waals surface area contributed by atoms with E-state index >= 15 is 0 Å². The highest BCUT2D eigenvalue weighted by Gasteiger charge is 2.17. The Morgan fingerprint density at radius 2 is 1.96 bits per heavy atom. The number of carbonyl (C=O) groups excluding carboxylic acids is 1. The molecule has 0 bridgehead atoms. The third kappa shape index (κ3) is 3.83. The van der Waals surface area contributed by atoms with Crippen molar-refractivity contribution < 1.29 is 14.3 Å². The summed E-state index contributed by atoms with van der Waals surface area (Å²) in [5.41, 5.74) is 2.79. The topological polar surface area (TPSA) is 52.8 Å². The summed E-state index contributed by atoms with van der Waals surface area (Å²) in [4.78, 5) is 18.1. The number of para-hydroxylation sites is 1. The van der Waals surface area contributed by atoms with E-state index in [4.69, 9.17) is 9.47 Å². The molecule has 0 aliphatic heterocycles. The normalized spacial score (nSPS) is 12.0. The Morgan fingerprint density at radius 3 is 2.61 bits per heavy atom. The van der Waals surface area contributed by atoms with Crippen LogP contribution < -0.4 is 14.3 Å². The van der Waals surface area contributed by atoms with Gasteiger partial charge in [-0.1, -0.05) is 44.2 Å². The SMILES string of the molecule is CCCn1c(=NC(=O)c2cccc(OC)c2OC)sc2cc(C(C)C)ccc21. The van der Waals surface area contributed by atoms with Crippen LogP contribution in [0, 0.1) is 0 Å². The van der Waals surface area contributed by atoms with Crippen LogP contribution in [0.15, 0.2) is 41.4 Å². The number of amides is 1. The second-order valence-electron chi connectivity index (χ2n) is 6.88. The highest BCUT2D eigenvalue weighted by molar-refractivity contribution is 7.16. The van der Waals surface area contributed by atoms with Gasteiger partial charge in [0.2, 0.25) is 0 Å². The summed E-state index contributed by atoms with van der Waals surface area (Å²) in [7, 11) is 3.08. The zero-order chi connectivity index (χ0) is 20.3. The van der Waals surface area contributed by atoms with Crippen molar-refractivity contribution in [2.24, 2.45) is 4.99 Å². The molecule has 6 heteroatoms. The fraction of sp³-hybridized carbons (Fsp3) is 0.364. The molecule has 5 nitrogen and oxygen atoms in total. The molecule has 0 saturated heterocycles. The molecule has 1 amide bonds. The minimum absolute atomic E-state index is 0.337. The molecule has 0 N–H and O–H groups in total. The van der Waals surface area contributed by atoms with Crippen LogP contribution in [0.5, 0.6) is 11.5 Å². The summed E-state index contributed by atoms with van der Waals surface area (Å²) < 4.78 is 14.0. The van der Waals surface area contributed by atoms with Crippen LogP contribution in [0.2, 0.25) is 0 Å². The summed E-state index contributed by atoms with van der Waals surface area (Å²) in [6.45, 7) is 7.29. The van der Waals surface area contributed by atoms with Crippen molar-refractivity contribution in [3.63, 3.8) is 0 Å². The minimum atomic E-state index is -0.337. The molecule has 1 aromatic heterocycles. The molecule has 0 spiro atoms. The molecule has 3 rings (SSSR count). The van der Waals surface area contributed by atoms with E-state index in [0.29, 0.717) is 27.8 Å². The molecule has 2 aromatic carbocycles. The first-order chi connectivity index (χ1) is 13.5. The number of nitrogens with zero attached hydrogens (tertiary/aromatic N) is 2. The Labute approximate surface area is 169 Å². The lowest BCUT2D eigenvalue weighted by atomic mass is 10.0. The van der Waals surface area contributed by atoms with Crippen LogP contribution in [0.25, 0.3) is 10.2 Å².